The van der Waals surface area contributed by atoms with E-state index >= 15 is 0 Å². The third-order valence-electron chi connectivity index (χ3n) is 3.63. The zero-order valence-corrected chi connectivity index (χ0v) is 12.2. The molecule has 3 nitrogen and oxygen atoms in total. The van der Waals surface area contributed by atoms with Crippen molar-refractivity contribution >= 4 is 11.8 Å². The predicted molar refractivity (Wildman–Crippen MR) is 73.6 cm³/mol. The highest BCUT2D eigenvalue weighted by Crippen LogP contribution is 2.49. The lowest BCUT2D eigenvalue weighted by Gasteiger charge is -2.36. The molecule has 0 aromatic heterocycles. The molecule has 1 aliphatic carbocycles. The van der Waals surface area contributed by atoms with Crippen molar-refractivity contribution in [2.24, 2.45) is 0 Å². The fourth-order valence-corrected chi connectivity index (χ4v) is 2.65. The molecule has 6 heteroatoms. The number of carboxylic acid groups (broad SMARTS) is 1. The zero-order valence-electron chi connectivity index (χ0n) is 12.2. The van der Waals surface area contributed by atoms with E-state index in [0.29, 0.717) is 0 Å². The first-order valence-corrected chi connectivity index (χ1v) is 6.72. The Morgan fingerprint density at radius 3 is 2.29 bits per heavy atom. The van der Waals surface area contributed by atoms with E-state index in [9.17, 15) is 23.1 Å². The lowest BCUT2D eigenvalue weighted by Crippen LogP contribution is -2.45. The van der Waals surface area contributed by atoms with Gasteiger partial charge in [0.25, 0.3) is 0 Å². The van der Waals surface area contributed by atoms with Gasteiger partial charge in [0.1, 0.15) is 5.82 Å². The molecular formula is C15H18F3NO2. The minimum atomic E-state index is -2.71. The van der Waals surface area contributed by atoms with Crippen LogP contribution in [0.2, 0.25) is 0 Å². The number of alkyl halides is 2. The number of anilines is 1. The number of nitrogens with zero attached hydrogens (tertiary/aromatic N) is 1. The summed E-state index contributed by atoms with van der Waals surface area (Å²) in [6, 6.07) is 3.98. The maximum atomic E-state index is 14.1. The highest BCUT2D eigenvalue weighted by atomic mass is 19.3. The van der Waals surface area contributed by atoms with Crippen molar-refractivity contribution in [2.75, 3.05) is 4.90 Å². The Kier molecular flexibility index (Phi) is 3.68. The Morgan fingerprint density at radius 2 is 1.90 bits per heavy atom. The van der Waals surface area contributed by atoms with Crippen LogP contribution >= 0.6 is 0 Å². The summed E-state index contributed by atoms with van der Waals surface area (Å²) in [4.78, 5) is 12.4. The molecule has 1 aromatic rings. The maximum Gasteiger partial charge on any atom is 0.412 e. The van der Waals surface area contributed by atoms with Crippen molar-refractivity contribution in [1.82, 2.24) is 0 Å². The second kappa shape index (κ2) is 4.93. The number of amides is 1. The summed E-state index contributed by atoms with van der Waals surface area (Å²) < 4.78 is 39.9. The second-order valence-electron chi connectivity index (χ2n) is 6.46. The van der Waals surface area contributed by atoms with Gasteiger partial charge in [-0.05, 0) is 44.4 Å². The topological polar surface area (TPSA) is 40.5 Å². The van der Waals surface area contributed by atoms with Crippen LogP contribution in [0.15, 0.2) is 18.2 Å². The van der Waals surface area contributed by atoms with Crippen molar-refractivity contribution in [1.29, 1.82) is 0 Å². The molecule has 0 atom stereocenters. The Balaban J connectivity index is 2.29. The van der Waals surface area contributed by atoms with Gasteiger partial charge in [-0.15, -0.1) is 0 Å². The lowest BCUT2D eigenvalue weighted by atomic mass is 9.76. The van der Waals surface area contributed by atoms with Crippen molar-refractivity contribution in [2.45, 2.75) is 51.0 Å². The summed E-state index contributed by atoms with van der Waals surface area (Å²) in [7, 11) is 0. The quantitative estimate of drug-likeness (QED) is 0.865. The Hall–Kier alpha value is -1.72. The smallest absolute Gasteiger partial charge is 0.412 e. The van der Waals surface area contributed by atoms with Crippen LogP contribution in [0.4, 0.5) is 23.7 Å². The molecule has 0 spiro atoms. The second-order valence-corrected chi connectivity index (χ2v) is 6.46. The third-order valence-corrected chi connectivity index (χ3v) is 3.63. The number of benzene rings is 1. The summed E-state index contributed by atoms with van der Waals surface area (Å²) in [5, 5.41) is 9.26. The molecule has 1 amide bonds. The summed E-state index contributed by atoms with van der Waals surface area (Å²) in [6.45, 7) is 5.08. The molecule has 0 heterocycles. The molecule has 0 bridgehead atoms. The lowest BCUT2D eigenvalue weighted by molar-refractivity contribution is -0.0873. The van der Waals surface area contributed by atoms with E-state index in [1.165, 1.54) is 12.1 Å². The maximum absolute atomic E-state index is 14.1. The van der Waals surface area contributed by atoms with Gasteiger partial charge in [0, 0.05) is 18.4 Å². The number of rotatable bonds is 2. The molecule has 1 fully saturated rings. The van der Waals surface area contributed by atoms with E-state index in [0.717, 1.165) is 11.0 Å². The van der Waals surface area contributed by atoms with Crippen LogP contribution < -0.4 is 4.90 Å². The molecule has 2 rings (SSSR count). The highest BCUT2D eigenvalue weighted by Gasteiger charge is 2.46. The first-order chi connectivity index (χ1) is 9.51. The molecule has 0 radical (unpaired) electrons. The monoisotopic (exact) mass is 301 g/mol. The highest BCUT2D eigenvalue weighted by molar-refractivity contribution is 5.87. The fourth-order valence-electron chi connectivity index (χ4n) is 2.65. The summed E-state index contributed by atoms with van der Waals surface area (Å²) >= 11 is 0. The van der Waals surface area contributed by atoms with Crippen molar-refractivity contribution in [3.63, 3.8) is 0 Å². The van der Waals surface area contributed by atoms with Crippen LogP contribution in [0.25, 0.3) is 0 Å². The molecule has 1 aromatic carbocycles. The van der Waals surface area contributed by atoms with Gasteiger partial charge in [0.15, 0.2) is 0 Å². The van der Waals surface area contributed by atoms with Crippen LogP contribution in [0.1, 0.15) is 45.1 Å². The Morgan fingerprint density at radius 1 is 1.33 bits per heavy atom. The van der Waals surface area contributed by atoms with Crippen LogP contribution in [-0.4, -0.2) is 22.7 Å². The molecule has 116 valence electrons. The summed E-state index contributed by atoms with van der Waals surface area (Å²) in [6.07, 6.45) is -1.90. The Bertz CT molecular complexity index is 559. The zero-order chi connectivity index (χ0) is 16.0. The van der Waals surface area contributed by atoms with E-state index in [1.807, 2.05) is 0 Å². The van der Waals surface area contributed by atoms with Crippen LogP contribution in [0, 0.1) is 5.82 Å². The average molecular weight is 301 g/mol. The van der Waals surface area contributed by atoms with Crippen molar-refractivity contribution in [3.05, 3.63) is 29.6 Å². The number of hydrogen-bond acceptors (Lipinski definition) is 1. The average Bonchev–Trinajstić information content (AvgIpc) is 2.23. The van der Waals surface area contributed by atoms with E-state index < -0.39 is 29.3 Å². The summed E-state index contributed by atoms with van der Waals surface area (Å²) in [5.74, 6) is -3.85. The van der Waals surface area contributed by atoms with Gasteiger partial charge >= 0.3 is 6.09 Å². The molecule has 1 N–H and O–H groups in total. The molecule has 1 saturated carbocycles. The first kappa shape index (κ1) is 15.7. The molecule has 1 aliphatic rings. The molecule has 0 unspecified atom stereocenters. The largest absolute Gasteiger partial charge is 0.465 e. The van der Waals surface area contributed by atoms with E-state index in [1.54, 1.807) is 20.8 Å². The molecular weight excluding hydrogens is 283 g/mol. The Labute approximate surface area is 121 Å². The predicted octanol–water partition coefficient (Wildman–Crippen LogP) is 4.62. The van der Waals surface area contributed by atoms with Crippen molar-refractivity contribution < 1.29 is 23.1 Å². The van der Waals surface area contributed by atoms with Gasteiger partial charge < -0.3 is 5.11 Å². The number of hydrogen-bond donors (Lipinski definition) is 1. The van der Waals surface area contributed by atoms with Crippen LogP contribution in [0.3, 0.4) is 0 Å². The standard InChI is InChI=1S/C15H18F3NO2/c1-14(2,3)19(13(20)21)10-4-5-11(12(16)6-10)9-7-15(17,18)8-9/h4-6,9H,7-8H2,1-3H3,(H,20,21). The minimum absolute atomic E-state index is 0.197. The van der Waals surface area contributed by atoms with Crippen LogP contribution in [0.5, 0.6) is 0 Å². The van der Waals surface area contributed by atoms with E-state index in [-0.39, 0.29) is 24.1 Å². The van der Waals surface area contributed by atoms with E-state index in [4.69, 9.17) is 0 Å². The minimum Gasteiger partial charge on any atom is -0.465 e. The third kappa shape index (κ3) is 3.14. The fraction of sp³-hybridized carbons (Fsp3) is 0.533. The SMILES string of the molecule is CC(C)(C)N(C(=O)O)c1ccc(C2CC(F)(F)C2)c(F)c1. The van der Waals surface area contributed by atoms with Gasteiger partial charge in [0.05, 0.1) is 5.69 Å². The van der Waals surface area contributed by atoms with Gasteiger partial charge in [-0.3, -0.25) is 4.90 Å². The molecule has 0 aliphatic heterocycles. The van der Waals surface area contributed by atoms with Gasteiger partial charge in [0.2, 0.25) is 5.92 Å². The normalized spacial score (nSPS) is 18.2. The van der Waals surface area contributed by atoms with Gasteiger partial charge in [-0.25, -0.2) is 18.0 Å². The molecule has 21 heavy (non-hydrogen) atoms. The van der Waals surface area contributed by atoms with E-state index in [2.05, 4.69) is 0 Å². The summed E-state index contributed by atoms with van der Waals surface area (Å²) in [5.41, 5.74) is -0.310. The number of halogens is 3. The van der Waals surface area contributed by atoms with Crippen molar-refractivity contribution in [3.8, 4) is 0 Å². The first-order valence-electron chi connectivity index (χ1n) is 6.72. The molecule has 0 saturated heterocycles. The van der Waals surface area contributed by atoms with Crippen LogP contribution in [-0.2, 0) is 0 Å². The van der Waals surface area contributed by atoms with Gasteiger partial charge in [-0.2, -0.15) is 0 Å². The number of carbonyl (C=O) groups is 1. The van der Waals surface area contributed by atoms with Gasteiger partial charge in [-0.1, -0.05) is 6.07 Å².